The summed E-state index contributed by atoms with van der Waals surface area (Å²) in [6.07, 6.45) is 4.73. The first-order valence-electron chi connectivity index (χ1n) is 7.87. The number of pyridine rings is 1. The maximum atomic E-state index is 12.1. The van der Waals surface area contributed by atoms with Gasteiger partial charge in [0.25, 0.3) is 5.56 Å². The number of imidazole rings is 1. The van der Waals surface area contributed by atoms with Gasteiger partial charge in [0, 0.05) is 25.3 Å². The molecule has 1 aliphatic rings. The van der Waals surface area contributed by atoms with E-state index in [4.69, 9.17) is 4.74 Å². The molecule has 0 bridgehead atoms. The molecule has 2 aromatic heterocycles. The SMILES string of the molecule is CC(C)(C)OC(=O)N1CCC(n2cnc3c(=O)[nH]ccc32)CC1. The Morgan fingerprint density at radius 3 is 2.70 bits per heavy atom. The van der Waals surface area contributed by atoms with Gasteiger partial charge in [0.15, 0.2) is 5.52 Å². The summed E-state index contributed by atoms with van der Waals surface area (Å²) in [5.74, 6) is 0. The predicted octanol–water partition coefficient (Wildman–Crippen LogP) is 2.30. The second-order valence-corrected chi connectivity index (χ2v) is 6.89. The van der Waals surface area contributed by atoms with Crippen LogP contribution in [0.15, 0.2) is 23.4 Å². The number of nitrogens with one attached hydrogen (secondary N) is 1. The molecular formula is C16H22N4O3. The average molecular weight is 318 g/mol. The van der Waals surface area contributed by atoms with E-state index < -0.39 is 5.60 Å². The number of rotatable bonds is 1. The lowest BCUT2D eigenvalue weighted by Gasteiger charge is -2.34. The fraction of sp³-hybridized carbons (Fsp3) is 0.562. The van der Waals surface area contributed by atoms with Gasteiger partial charge in [0.2, 0.25) is 0 Å². The number of carbonyl (C=O) groups excluding carboxylic acids is 1. The van der Waals surface area contributed by atoms with Gasteiger partial charge in [-0.25, -0.2) is 9.78 Å². The Balaban J connectivity index is 1.70. The minimum Gasteiger partial charge on any atom is -0.444 e. The highest BCUT2D eigenvalue weighted by molar-refractivity contribution is 5.73. The molecule has 7 nitrogen and oxygen atoms in total. The van der Waals surface area contributed by atoms with Crippen molar-refractivity contribution in [3.05, 3.63) is 28.9 Å². The van der Waals surface area contributed by atoms with Crippen molar-refractivity contribution in [2.45, 2.75) is 45.3 Å². The highest BCUT2D eigenvalue weighted by Gasteiger charge is 2.28. The van der Waals surface area contributed by atoms with E-state index in [2.05, 4.69) is 9.97 Å². The second-order valence-electron chi connectivity index (χ2n) is 6.89. The predicted molar refractivity (Wildman–Crippen MR) is 86.4 cm³/mol. The Morgan fingerprint density at radius 2 is 2.04 bits per heavy atom. The monoisotopic (exact) mass is 318 g/mol. The number of nitrogens with zero attached hydrogens (tertiary/aromatic N) is 3. The molecule has 3 rings (SSSR count). The number of hydrogen-bond acceptors (Lipinski definition) is 4. The van der Waals surface area contributed by atoms with Gasteiger partial charge in [-0.3, -0.25) is 4.79 Å². The van der Waals surface area contributed by atoms with Crippen LogP contribution < -0.4 is 5.56 Å². The molecule has 1 N–H and O–H groups in total. The fourth-order valence-corrected chi connectivity index (χ4v) is 2.92. The van der Waals surface area contributed by atoms with Gasteiger partial charge in [0.05, 0.1) is 11.8 Å². The van der Waals surface area contributed by atoms with Crippen LogP contribution in [0.3, 0.4) is 0 Å². The number of H-pyrrole nitrogens is 1. The summed E-state index contributed by atoms with van der Waals surface area (Å²) < 4.78 is 7.45. The first-order chi connectivity index (χ1) is 10.8. The Hall–Kier alpha value is -2.31. The zero-order valence-corrected chi connectivity index (χ0v) is 13.7. The molecule has 0 radical (unpaired) electrons. The van der Waals surface area contributed by atoms with Gasteiger partial charge in [0.1, 0.15) is 5.60 Å². The summed E-state index contributed by atoms with van der Waals surface area (Å²) in [5, 5.41) is 0. The summed E-state index contributed by atoms with van der Waals surface area (Å²) >= 11 is 0. The van der Waals surface area contributed by atoms with Crippen LogP contribution in [0.2, 0.25) is 0 Å². The fourth-order valence-electron chi connectivity index (χ4n) is 2.92. The van der Waals surface area contributed by atoms with E-state index in [0.29, 0.717) is 18.6 Å². The molecule has 3 heterocycles. The van der Waals surface area contributed by atoms with Crippen LogP contribution in [0, 0.1) is 0 Å². The summed E-state index contributed by atoms with van der Waals surface area (Å²) in [6.45, 7) is 6.89. The van der Waals surface area contributed by atoms with E-state index in [0.717, 1.165) is 18.4 Å². The van der Waals surface area contributed by atoms with Gasteiger partial charge in [-0.05, 0) is 39.7 Å². The third-order valence-electron chi connectivity index (χ3n) is 4.01. The van der Waals surface area contributed by atoms with Crippen LogP contribution in [0.4, 0.5) is 4.79 Å². The molecule has 0 spiro atoms. The lowest BCUT2D eigenvalue weighted by molar-refractivity contribution is 0.0189. The number of fused-ring (bicyclic) bond motifs is 1. The maximum Gasteiger partial charge on any atom is 0.410 e. The third kappa shape index (κ3) is 3.23. The lowest BCUT2D eigenvalue weighted by Crippen LogP contribution is -2.42. The van der Waals surface area contributed by atoms with Crippen LogP contribution in [0.25, 0.3) is 11.0 Å². The Bertz CT molecular complexity index is 763. The molecule has 0 unspecified atom stereocenters. The van der Waals surface area contributed by atoms with Crippen molar-refractivity contribution in [1.29, 1.82) is 0 Å². The van der Waals surface area contributed by atoms with E-state index in [1.54, 1.807) is 17.4 Å². The van der Waals surface area contributed by atoms with E-state index in [-0.39, 0.29) is 17.7 Å². The highest BCUT2D eigenvalue weighted by atomic mass is 16.6. The molecule has 0 aromatic carbocycles. The normalized spacial score (nSPS) is 16.7. The van der Waals surface area contributed by atoms with Gasteiger partial charge >= 0.3 is 6.09 Å². The van der Waals surface area contributed by atoms with E-state index in [1.165, 1.54) is 0 Å². The molecule has 1 saturated heterocycles. The molecule has 2 aromatic rings. The number of aromatic nitrogens is 3. The van der Waals surface area contributed by atoms with Crippen molar-refractivity contribution in [3.63, 3.8) is 0 Å². The van der Waals surface area contributed by atoms with Crippen LogP contribution in [0.1, 0.15) is 39.7 Å². The molecule has 0 aliphatic carbocycles. The Kier molecular flexibility index (Phi) is 3.87. The number of amides is 1. The summed E-state index contributed by atoms with van der Waals surface area (Å²) in [7, 11) is 0. The molecule has 0 atom stereocenters. The highest BCUT2D eigenvalue weighted by Crippen LogP contribution is 2.26. The van der Waals surface area contributed by atoms with E-state index in [1.807, 2.05) is 31.4 Å². The molecule has 1 fully saturated rings. The zero-order valence-electron chi connectivity index (χ0n) is 13.7. The largest absolute Gasteiger partial charge is 0.444 e. The molecule has 124 valence electrons. The molecule has 7 heteroatoms. The first-order valence-corrected chi connectivity index (χ1v) is 7.87. The maximum absolute atomic E-state index is 12.1. The third-order valence-corrected chi connectivity index (χ3v) is 4.01. The molecule has 0 saturated carbocycles. The molecule has 1 amide bonds. The molecule has 23 heavy (non-hydrogen) atoms. The van der Waals surface area contributed by atoms with Crippen molar-refractivity contribution in [1.82, 2.24) is 19.4 Å². The Labute approximate surface area is 134 Å². The lowest BCUT2D eigenvalue weighted by atomic mass is 10.1. The number of aromatic amines is 1. The average Bonchev–Trinajstić information content (AvgIpc) is 2.91. The number of likely N-dealkylation sites (tertiary alicyclic amines) is 1. The van der Waals surface area contributed by atoms with Crippen LogP contribution in [-0.2, 0) is 4.74 Å². The topological polar surface area (TPSA) is 80.2 Å². The van der Waals surface area contributed by atoms with Gasteiger partial charge in [-0.2, -0.15) is 0 Å². The number of ether oxygens (including phenoxy) is 1. The number of piperidine rings is 1. The van der Waals surface area contributed by atoms with Crippen molar-refractivity contribution in [3.8, 4) is 0 Å². The zero-order chi connectivity index (χ0) is 16.6. The van der Waals surface area contributed by atoms with Crippen molar-refractivity contribution < 1.29 is 9.53 Å². The van der Waals surface area contributed by atoms with Gasteiger partial charge in [-0.1, -0.05) is 0 Å². The summed E-state index contributed by atoms with van der Waals surface area (Å²) in [6, 6.07) is 2.10. The standard InChI is InChI=1S/C16H22N4O3/c1-16(2,3)23-15(22)19-8-5-11(6-9-19)20-10-18-13-12(20)4-7-17-14(13)21/h4,7,10-11H,5-6,8-9H2,1-3H3,(H,17,21). The van der Waals surface area contributed by atoms with Gasteiger partial charge in [-0.15, -0.1) is 0 Å². The first kappa shape index (κ1) is 15.6. The summed E-state index contributed by atoms with van der Waals surface area (Å²) in [5.41, 5.74) is 0.647. The Morgan fingerprint density at radius 1 is 1.35 bits per heavy atom. The summed E-state index contributed by atoms with van der Waals surface area (Å²) in [4.78, 5) is 32.4. The van der Waals surface area contributed by atoms with E-state index >= 15 is 0 Å². The number of carbonyl (C=O) groups is 1. The molecular weight excluding hydrogens is 296 g/mol. The van der Waals surface area contributed by atoms with Crippen molar-refractivity contribution in [2.75, 3.05) is 13.1 Å². The van der Waals surface area contributed by atoms with E-state index in [9.17, 15) is 9.59 Å². The minimum atomic E-state index is -0.477. The minimum absolute atomic E-state index is 0.174. The number of hydrogen-bond donors (Lipinski definition) is 1. The van der Waals surface area contributed by atoms with Gasteiger partial charge < -0.3 is 19.2 Å². The quantitative estimate of drug-likeness (QED) is 0.875. The van der Waals surface area contributed by atoms with Crippen LogP contribution in [0.5, 0.6) is 0 Å². The smallest absolute Gasteiger partial charge is 0.410 e. The van der Waals surface area contributed by atoms with Crippen molar-refractivity contribution >= 4 is 17.1 Å². The molecule has 1 aliphatic heterocycles. The van der Waals surface area contributed by atoms with Crippen LogP contribution >= 0.6 is 0 Å². The van der Waals surface area contributed by atoms with Crippen LogP contribution in [-0.4, -0.2) is 44.2 Å². The van der Waals surface area contributed by atoms with Crippen molar-refractivity contribution in [2.24, 2.45) is 0 Å². The second kappa shape index (κ2) is 5.72.